The van der Waals surface area contributed by atoms with E-state index >= 15 is 0 Å². The van der Waals surface area contributed by atoms with Crippen LogP contribution in [-0.2, 0) is 9.53 Å². The zero-order valence-corrected chi connectivity index (χ0v) is 16.9. The highest BCUT2D eigenvalue weighted by Gasteiger charge is 2.33. The fraction of sp³-hybridized carbons (Fsp3) is 0.474. The minimum atomic E-state index is -0.725. The van der Waals surface area contributed by atoms with Crippen LogP contribution in [0.15, 0.2) is 23.4 Å². The molecule has 1 aliphatic rings. The molecule has 1 aromatic carbocycles. The minimum Gasteiger partial charge on any atom is -0.490 e. The van der Waals surface area contributed by atoms with E-state index in [4.69, 9.17) is 25.8 Å². The molecule has 0 radical (unpaired) electrons. The number of halogens is 1. The molecular formula is C19H25ClN2O5. The van der Waals surface area contributed by atoms with E-state index in [2.05, 4.69) is 10.6 Å². The topological polar surface area (TPSA) is 85.9 Å². The summed E-state index contributed by atoms with van der Waals surface area (Å²) < 4.78 is 16.6. The average molecular weight is 397 g/mol. The zero-order chi connectivity index (χ0) is 20.1. The lowest BCUT2D eigenvalue weighted by molar-refractivity contribution is -0.143. The molecule has 1 aliphatic heterocycles. The molecule has 1 unspecified atom stereocenters. The van der Waals surface area contributed by atoms with Crippen LogP contribution in [-0.4, -0.2) is 31.3 Å². The Morgan fingerprint density at radius 2 is 1.89 bits per heavy atom. The van der Waals surface area contributed by atoms with Crippen LogP contribution >= 0.6 is 11.6 Å². The zero-order valence-electron chi connectivity index (χ0n) is 16.1. The van der Waals surface area contributed by atoms with Crippen LogP contribution in [0.4, 0.5) is 4.79 Å². The van der Waals surface area contributed by atoms with Crippen LogP contribution in [0.1, 0.15) is 46.2 Å². The first-order valence-electron chi connectivity index (χ1n) is 8.86. The van der Waals surface area contributed by atoms with Crippen LogP contribution in [0.3, 0.4) is 0 Å². The number of hydrogen-bond donors (Lipinski definition) is 2. The highest BCUT2D eigenvalue weighted by atomic mass is 35.5. The first-order valence-corrected chi connectivity index (χ1v) is 9.24. The van der Waals surface area contributed by atoms with Gasteiger partial charge < -0.3 is 24.8 Å². The lowest BCUT2D eigenvalue weighted by atomic mass is 9.95. The molecule has 0 aromatic heterocycles. The molecule has 1 atom stereocenters. The van der Waals surface area contributed by atoms with Crippen molar-refractivity contribution in [3.8, 4) is 11.5 Å². The van der Waals surface area contributed by atoms with Gasteiger partial charge in [-0.05, 0) is 52.3 Å². The van der Waals surface area contributed by atoms with E-state index in [1.165, 1.54) is 0 Å². The summed E-state index contributed by atoms with van der Waals surface area (Å²) in [5.41, 5.74) is 1.33. The minimum absolute atomic E-state index is 0.293. The SMILES string of the molecule is CCOc1cc(C2NC(=O)NC(C)=C2C(=O)OC(C)C)cc(Cl)c1OCC. The fourth-order valence-electron chi connectivity index (χ4n) is 2.79. The number of hydrogen-bond acceptors (Lipinski definition) is 5. The van der Waals surface area contributed by atoms with E-state index < -0.39 is 18.0 Å². The van der Waals surface area contributed by atoms with Gasteiger partial charge in [-0.3, -0.25) is 0 Å². The maximum atomic E-state index is 12.6. The highest BCUT2D eigenvalue weighted by molar-refractivity contribution is 6.32. The predicted molar refractivity (Wildman–Crippen MR) is 102 cm³/mol. The van der Waals surface area contributed by atoms with Crippen molar-refractivity contribution in [1.29, 1.82) is 0 Å². The van der Waals surface area contributed by atoms with Crippen LogP contribution in [0, 0.1) is 0 Å². The maximum absolute atomic E-state index is 12.6. The molecule has 27 heavy (non-hydrogen) atoms. The van der Waals surface area contributed by atoms with Gasteiger partial charge in [0.25, 0.3) is 0 Å². The summed E-state index contributed by atoms with van der Waals surface area (Å²) >= 11 is 6.39. The molecule has 1 heterocycles. The Balaban J connectivity index is 2.53. The molecule has 0 spiro atoms. The standard InChI is InChI=1S/C19H25ClN2O5/c1-6-25-14-9-12(8-13(20)17(14)26-7-2)16-15(18(23)27-10(3)4)11(5)21-19(24)22-16/h8-10,16H,6-7H2,1-5H3,(H2,21,22,24). The Morgan fingerprint density at radius 1 is 1.22 bits per heavy atom. The molecule has 2 N–H and O–H groups in total. The second-order valence-corrected chi connectivity index (χ2v) is 6.63. The Labute approximate surface area is 164 Å². The number of benzene rings is 1. The van der Waals surface area contributed by atoms with Crippen LogP contribution in [0.5, 0.6) is 11.5 Å². The van der Waals surface area contributed by atoms with Gasteiger partial charge in [-0.15, -0.1) is 0 Å². The summed E-state index contributed by atoms with van der Waals surface area (Å²) in [5.74, 6) is 0.365. The second kappa shape index (κ2) is 8.99. The lowest BCUT2D eigenvalue weighted by Gasteiger charge is -2.29. The van der Waals surface area contributed by atoms with Gasteiger partial charge in [-0.2, -0.15) is 0 Å². The number of nitrogens with one attached hydrogen (secondary N) is 2. The maximum Gasteiger partial charge on any atom is 0.338 e. The molecule has 1 aromatic rings. The van der Waals surface area contributed by atoms with Gasteiger partial charge in [-0.1, -0.05) is 11.6 Å². The monoisotopic (exact) mass is 396 g/mol. The number of carbonyl (C=O) groups is 2. The first-order chi connectivity index (χ1) is 12.8. The number of urea groups is 1. The quantitative estimate of drug-likeness (QED) is 0.686. The van der Waals surface area contributed by atoms with Gasteiger partial charge in [-0.25, -0.2) is 9.59 Å². The Morgan fingerprint density at radius 3 is 2.48 bits per heavy atom. The Kier molecular flexibility index (Phi) is 6.96. The van der Waals surface area contributed by atoms with E-state index in [0.717, 1.165) is 0 Å². The Hall–Kier alpha value is -2.41. The summed E-state index contributed by atoms with van der Waals surface area (Å²) in [6.45, 7) is 9.71. The van der Waals surface area contributed by atoms with Gasteiger partial charge in [0.2, 0.25) is 0 Å². The summed E-state index contributed by atoms with van der Waals surface area (Å²) in [7, 11) is 0. The number of esters is 1. The van der Waals surface area contributed by atoms with Gasteiger partial charge in [0.1, 0.15) is 0 Å². The van der Waals surface area contributed by atoms with Crippen molar-refractivity contribution in [1.82, 2.24) is 10.6 Å². The predicted octanol–water partition coefficient (Wildman–Crippen LogP) is 3.72. The fourth-order valence-corrected chi connectivity index (χ4v) is 3.07. The number of allylic oxidation sites excluding steroid dienone is 1. The van der Waals surface area contributed by atoms with E-state index in [-0.39, 0.29) is 6.10 Å². The number of ether oxygens (including phenoxy) is 3. The van der Waals surface area contributed by atoms with Gasteiger partial charge >= 0.3 is 12.0 Å². The summed E-state index contributed by atoms with van der Waals surface area (Å²) in [5, 5.41) is 5.69. The number of carbonyl (C=O) groups excluding carboxylic acids is 2. The smallest absolute Gasteiger partial charge is 0.338 e. The van der Waals surface area contributed by atoms with Crippen molar-refractivity contribution in [3.63, 3.8) is 0 Å². The second-order valence-electron chi connectivity index (χ2n) is 6.22. The van der Waals surface area contributed by atoms with Crippen LogP contribution < -0.4 is 20.1 Å². The third-order valence-corrected chi connectivity index (χ3v) is 4.07. The lowest BCUT2D eigenvalue weighted by Crippen LogP contribution is -2.45. The van der Waals surface area contributed by atoms with Gasteiger partial charge in [0.15, 0.2) is 11.5 Å². The van der Waals surface area contributed by atoms with E-state index in [1.54, 1.807) is 32.9 Å². The normalized spacial score (nSPS) is 16.7. The largest absolute Gasteiger partial charge is 0.490 e. The molecule has 8 heteroatoms. The molecular weight excluding hydrogens is 372 g/mol. The molecule has 7 nitrogen and oxygen atoms in total. The average Bonchev–Trinajstić information content (AvgIpc) is 2.56. The van der Waals surface area contributed by atoms with Crippen LogP contribution in [0.2, 0.25) is 5.02 Å². The van der Waals surface area contributed by atoms with Gasteiger partial charge in [0.05, 0.1) is 36.0 Å². The molecule has 0 aliphatic carbocycles. The van der Waals surface area contributed by atoms with E-state index in [9.17, 15) is 9.59 Å². The highest BCUT2D eigenvalue weighted by Crippen LogP contribution is 2.40. The molecule has 0 saturated carbocycles. The van der Waals surface area contributed by atoms with E-state index in [1.807, 2.05) is 13.8 Å². The van der Waals surface area contributed by atoms with Crippen molar-refractivity contribution in [2.75, 3.05) is 13.2 Å². The van der Waals surface area contributed by atoms with Crippen molar-refractivity contribution in [2.45, 2.75) is 46.8 Å². The van der Waals surface area contributed by atoms with Gasteiger partial charge in [0, 0.05) is 5.70 Å². The summed E-state index contributed by atoms with van der Waals surface area (Å²) in [6, 6.07) is 2.23. The van der Waals surface area contributed by atoms with Crippen molar-refractivity contribution in [2.24, 2.45) is 0 Å². The first kappa shape index (κ1) is 20.9. The van der Waals surface area contributed by atoms with Crippen molar-refractivity contribution < 1.29 is 23.8 Å². The molecule has 2 amide bonds. The molecule has 0 bridgehead atoms. The number of amides is 2. The van der Waals surface area contributed by atoms with E-state index in [0.29, 0.717) is 46.6 Å². The molecule has 2 rings (SSSR count). The summed E-state index contributed by atoms with van der Waals surface area (Å²) in [6.07, 6.45) is -0.293. The third-order valence-electron chi connectivity index (χ3n) is 3.79. The molecule has 0 saturated heterocycles. The third kappa shape index (κ3) is 4.86. The summed E-state index contributed by atoms with van der Waals surface area (Å²) in [4.78, 5) is 24.6. The molecule has 0 fully saturated rings. The number of rotatable bonds is 7. The molecule has 148 valence electrons. The van der Waals surface area contributed by atoms with Crippen molar-refractivity contribution in [3.05, 3.63) is 34.0 Å². The van der Waals surface area contributed by atoms with Crippen molar-refractivity contribution >= 4 is 23.6 Å². The van der Waals surface area contributed by atoms with Crippen LogP contribution in [0.25, 0.3) is 0 Å². The Bertz CT molecular complexity index is 761.